The summed E-state index contributed by atoms with van der Waals surface area (Å²) < 4.78 is 0. The van der Waals surface area contributed by atoms with Crippen LogP contribution in [-0.2, 0) is 9.59 Å². The lowest BCUT2D eigenvalue weighted by atomic mass is 10.0. The number of benzene rings is 1. The fourth-order valence-corrected chi connectivity index (χ4v) is 3.54. The van der Waals surface area contributed by atoms with Crippen LogP contribution in [0.5, 0.6) is 0 Å². The van der Waals surface area contributed by atoms with E-state index in [2.05, 4.69) is 0 Å². The summed E-state index contributed by atoms with van der Waals surface area (Å²) in [6, 6.07) is 8.92. The van der Waals surface area contributed by atoms with Crippen molar-refractivity contribution in [3.8, 4) is 0 Å². The number of amides is 1. The highest BCUT2D eigenvalue weighted by molar-refractivity contribution is 7.99. The van der Waals surface area contributed by atoms with Crippen molar-refractivity contribution >= 4 is 23.6 Å². The Balaban J connectivity index is 1.98. The second-order valence-electron chi connectivity index (χ2n) is 5.14. The third kappa shape index (κ3) is 4.47. The molecule has 1 aromatic carbocycles. The highest BCUT2D eigenvalue weighted by Crippen LogP contribution is 2.22. The van der Waals surface area contributed by atoms with Crippen molar-refractivity contribution in [1.29, 1.82) is 0 Å². The number of carbonyl (C=O) groups excluding carboxylic acids is 1. The number of nitrogens with two attached hydrogens (primary N) is 1. The predicted molar refractivity (Wildman–Crippen MR) is 83.1 cm³/mol. The molecule has 2 unspecified atom stereocenters. The molecule has 1 aliphatic rings. The molecule has 5 nitrogen and oxygen atoms in total. The van der Waals surface area contributed by atoms with Crippen molar-refractivity contribution in [1.82, 2.24) is 4.90 Å². The van der Waals surface area contributed by atoms with Crippen LogP contribution in [0.15, 0.2) is 30.3 Å². The number of hydrogen-bond donors (Lipinski definition) is 2. The average Bonchev–Trinajstić information content (AvgIpc) is 2.48. The second kappa shape index (κ2) is 7.47. The second-order valence-corrected chi connectivity index (χ2v) is 6.28. The zero-order valence-electron chi connectivity index (χ0n) is 11.8. The minimum absolute atomic E-state index is 0.000679. The van der Waals surface area contributed by atoms with E-state index >= 15 is 0 Å². The first-order valence-electron chi connectivity index (χ1n) is 6.97. The quantitative estimate of drug-likeness (QED) is 0.861. The summed E-state index contributed by atoms with van der Waals surface area (Å²) in [5.74, 6) is 0.603. The molecule has 6 heteroatoms. The van der Waals surface area contributed by atoms with Gasteiger partial charge in [0.1, 0.15) is 0 Å². The number of hydrogen-bond acceptors (Lipinski definition) is 4. The van der Waals surface area contributed by atoms with E-state index in [0.717, 1.165) is 11.3 Å². The van der Waals surface area contributed by atoms with E-state index < -0.39 is 5.97 Å². The summed E-state index contributed by atoms with van der Waals surface area (Å²) in [5.41, 5.74) is 7.00. The minimum Gasteiger partial charge on any atom is -0.481 e. The molecule has 3 N–H and O–H groups in total. The summed E-state index contributed by atoms with van der Waals surface area (Å²) in [4.78, 5) is 25.0. The van der Waals surface area contributed by atoms with Crippen LogP contribution < -0.4 is 5.73 Å². The maximum Gasteiger partial charge on any atom is 0.305 e. The third-order valence-corrected chi connectivity index (χ3v) is 4.67. The fraction of sp³-hybridized carbons (Fsp3) is 0.467. The van der Waals surface area contributed by atoms with Gasteiger partial charge in [0, 0.05) is 30.5 Å². The summed E-state index contributed by atoms with van der Waals surface area (Å²) in [6.07, 6.45) is 0.212. The van der Waals surface area contributed by atoms with Gasteiger partial charge in [-0.1, -0.05) is 30.3 Å². The van der Waals surface area contributed by atoms with Gasteiger partial charge >= 0.3 is 5.97 Å². The number of nitrogens with zero attached hydrogens (tertiary/aromatic N) is 1. The first kappa shape index (κ1) is 15.9. The van der Waals surface area contributed by atoms with Crippen molar-refractivity contribution in [3.63, 3.8) is 0 Å². The van der Waals surface area contributed by atoms with Crippen molar-refractivity contribution in [2.75, 3.05) is 18.1 Å². The first-order valence-corrected chi connectivity index (χ1v) is 8.13. The zero-order valence-corrected chi connectivity index (χ0v) is 12.6. The number of aliphatic carboxylic acids is 1. The van der Waals surface area contributed by atoms with Crippen LogP contribution in [0.1, 0.15) is 24.4 Å². The Hall–Kier alpha value is -1.53. The average molecular weight is 308 g/mol. The standard InChI is InChI=1S/C15H20N2O3S/c16-13(11-4-2-1-3-5-11)9-14(18)17-6-7-21-10-12(17)8-15(19)20/h1-5,12-13H,6-10,16H2,(H,19,20). The van der Waals surface area contributed by atoms with Crippen LogP contribution in [0, 0.1) is 0 Å². The van der Waals surface area contributed by atoms with E-state index in [-0.39, 0.29) is 30.8 Å². The molecule has 2 atom stereocenters. The van der Waals surface area contributed by atoms with Gasteiger partial charge in [-0.05, 0) is 5.56 Å². The molecule has 1 aliphatic heterocycles. The summed E-state index contributed by atoms with van der Waals surface area (Å²) in [6.45, 7) is 0.600. The van der Waals surface area contributed by atoms with Gasteiger partial charge < -0.3 is 15.7 Å². The van der Waals surface area contributed by atoms with Gasteiger partial charge in [0.2, 0.25) is 5.91 Å². The Kier molecular flexibility index (Phi) is 5.64. The number of thioether (sulfide) groups is 1. The SMILES string of the molecule is NC(CC(=O)N1CCSCC1CC(=O)O)c1ccccc1. The van der Waals surface area contributed by atoms with Gasteiger partial charge in [0.15, 0.2) is 0 Å². The van der Waals surface area contributed by atoms with Crippen LogP contribution in [0.3, 0.4) is 0 Å². The summed E-state index contributed by atoms with van der Waals surface area (Å²) >= 11 is 1.69. The number of carboxylic acid groups (broad SMARTS) is 1. The number of carboxylic acids is 1. The smallest absolute Gasteiger partial charge is 0.305 e. The molecule has 21 heavy (non-hydrogen) atoms. The third-order valence-electron chi connectivity index (χ3n) is 3.58. The summed E-state index contributed by atoms with van der Waals surface area (Å²) in [5, 5.41) is 8.95. The van der Waals surface area contributed by atoms with Crippen molar-refractivity contribution in [3.05, 3.63) is 35.9 Å². The van der Waals surface area contributed by atoms with Crippen molar-refractivity contribution < 1.29 is 14.7 Å². The van der Waals surface area contributed by atoms with Gasteiger partial charge in [0.05, 0.1) is 12.5 Å². The maximum atomic E-state index is 12.4. The van der Waals surface area contributed by atoms with Crippen LogP contribution in [-0.4, -0.2) is 46.0 Å². The maximum absolute atomic E-state index is 12.4. The molecule has 0 aromatic heterocycles. The Labute approximate surface area is 128 Å². The molecule has 0 saturated carbocycles. The Morgan fingerprint density at radius 1 is 1.38 bits per heavy atom. The van der Waals surface area contributed by atoms with E-state index in [4.69, 9.17) is 10.8 Å². The van der Waals surface area contributed by atoms with E-state index in [1.165, 1.54) is 0 Å². The summed E-state index contributed by atoms with van der Waals surface area (Å²) in [7, 11) is 0. The van der Waals surface area contributed by atoms with Gasteiger partial charge in [-0.3, -0.25) is 9.59 Å². The first-order chi connectivity index (χ1) is 10.1. The predicted octanol–water partition coefficient (Wildman–Crippen LogP) is 1.50. The van der Waals surface area contributed by atoms with Crippen molar-refractivity contribution in [2.24, 2.45) is 5.73 Å². The fourth-order valence-electron chi connectivity index (χ4n) is 2.48. The van der Waals surface area contributed by atoms with E-state index in [0.29, 0.717) is 12.3 Å². The van der Waals surface area contributed by atoms with Crippen LogP contribution >= 0.6 is 11.8 Å². The molecule has 0 radical (unpaired) electrons. The molecule has 1 amide bonds. The largest absolute Gasteiger partial charge is 0.481 e. The van der Waals surface area contributed by atoms with E-state index in [1.54, 1.807) is 16.7 Å². The Morgan fingerprint density at radius 3 is 2.76 bits per heavy atom. The number of rotatable bonds is 5. The number of carbonyl (C=O) groups is 2. The molecule has 1 heterocycles. The molecular formula is C15H20N2O3S. The normalized spacial score (nSPS) is 20.0. The van der Waals surface area contributed by atoms with E-state index in [1.807, 2.05) is 30.3 Å². The highest BCUT2D eigenvalue weighted by Gasteiger charge is 2.29. The molecule has 1 saturated heterocycles. The lowest BCUT2D eigenvalue weighted by Crippen LogP contribution is -2.47. The highest BCUT2D eigenvalue weighted by atomic mass is 32.2. The molecule has 0 spiro atoms. The van der Waals surface area contributed by atoms with Crippen LogP contribution in [0.25, 0.3) is 0 Å². The van der Waals surface area contributed by atoms with Crippen LogP contribution in [0.2, 0.25) is 0 Å². The molecule has 2 rings (SSSR count). The van der Waals surface area contributed by atoms with Crippen molar-refractivity contribution in [2.45, 2.75) is 24.9 Å². The van der Waals surface area contributed by atoms with Gasteiger partial charge in [-0.2, -0.15) is 11.8 Å². The molecular weight excluding hydrogens is 288 g/mol. The van der Waals surface area contributed by atoms with E-state index in [9.17, 15) is 9.59 Å². The minimum atomic E-state index is -0.868. The molecule has 114 valence electrons. The monoisotopic (exact) mass is 308 g/mol. The zero-order chi connectivity index (χ0) is 15.2. The molecule has 0 aliphatic carbocycles. The Morgan fingerprint density at radius 2 is 2.10 bits per heavy atom. The molecule has 1 fully saturated rings. The lowest BCUT2D eigenvalue weighted by Gasteiger charge is -2.35. The van der Waals surface area contributed by atoms with Gasteiger partial charge in [-0.15, -0.1) is 0 Å². The topological polar surface area (TPSA) is 83.6 Å². The molecule has 1 aromatic rings. The molecule has 0 bridgehead atoms. The van der Waals surface area contributed by atoms with Gasteiger partial charge in [0.25, 0.3) is 0 Å². The lowest BCUT2D eigenvalue weighted by molar-refractivity contribution is -0.140. The van der Waals surface area contributed by atoms with Gasteiger partial charge in [-0.25, -0.2) is 0 Å². The Bertz CT molecular complexity index is 495. The van der Waals surface area contributed by atoms with Crippen LogP contribution in [0.4, 0.5) is 0 Å².